The zero-order valence-electron chi connectivity index (χ0n) is 19.1. The van der Waals surface area contributed by atoms with Crippen LogP contribution in [0.3, 0.4) is 0 Å². The zero-order chi connectivity index (χ0) is 21.4. The molecule has 0 spiro atoms. The minimum absolute atomic E-state index is 0. The third-order valence-corrected chi connectivity index (χ3v) is 5.18. The summed E-state index contributed by atoms with van der Waals surface area (Å²) in [6, 6.07) is 0. The molecule has 4 aliphatic rings. The van der Waals surface area contributed by atoms with Crippen LogP contribution in [0.2, 0.25) is 0 Å². The minimum Gasteiger partial charge on any atom is -0.341 e. The first-order valence-electron chi connectivity index (χ1n) is 10.7. The van der Waals surface area contributed by atoms with E-state index in [1.54, 1.807) is 9.80 Å². The number of allylic oxidation sites excluding steroid dienone is 2. The Bertz CT molecular complexity index is 672. The fourth-order valence-corrected chi connectivity index (χ4v) is 3.75. The van der Waals surface area contributed by atoms with Gasteiger partial charge in [0.1, 0.15) is 0 Å². The van der Waals surface area contributed by atoms with Crippen LogP contribution in [0, 0.1) is 0 Å². The highest BCUT2D eigenvalue weighted by Crippen LogP contribution is 2.32. The minimum atomic E-state index is 0. The van der Waals surface area contributed by atoms with Gasteiger partial charge in [0.25, 0.3) is 11.8 Å². The first kappa shape index (κ1) is 30.1. The van der Waals surface area contributed by atoms with Crippen LogP contribution >= 0.6 is 0 Å². The maximum absolute atomic E-state index is 11.6. The number of likely N-dealkylation sites (N-methyl/N-ethyl adjacent to an activating group) is 2. The largest absolute Gasteiger partial charge is 0.341 e. The molecule has 0 atom stereocenters. The second-order valence-electron chi connectivity index (χ2n) is 7.32. The smallest absolute Gasteiger partial charge is 0.253 e. The molecule has 0 radical (unpaired) electrons. The van der Waals surface area contributed by atoms with E-state index >= 15 is 0 Å². The van der Waals surface area contributed by atoms with Gasteiger partial charge in [-0.1, -0.05) is 77.0 Å². The summed E-state index contributed by atoms with van der Waals surface area (Å²) in [7, 11) is 3.74. The van der Waals surface area contributed by atoms with Crippen LogP contribution in [0.15, 0.2) is 45.6 Å². The molecule has 176 valence electrons. The molecule has 2 aliphatic heterocycles. The van der Waals surface area contributed by atoms with E-state index in [4.69, 9.17) is 0 Å². The lowest BCUT2D eigenvalue weighted by Crippen LogP contribution is -2.32. The fraction of sp³-hybridized carbons (Fsp3) is 0.615. The molecule has 0 aromatic rings. The Morgan fingerprint density at radius 1 is 0.700 bits per heavy atom. The van der Waals surface area contributed by atoms with Crippen molar-refractivity contribution in [3.8, 4) is 0 Å². The normalized spacial score (nSPS) is 18.8. The fourth-order valence-electron chi connectivity index (χ4n) is 3.75. The molecule has 0 aromatic carbocycles. The van der Waals surface area contributed by atoms with Crippen molar-refractivity contribution in [2.75, 3.05) is 27.2 Å². The monoisotopic (exact) mass is 424 g/mol. The van der Waals surface area contributed by atoms with E-state index < -0.39 is 0 Å². The van der Waals surface area contributed by atoms with Gasteiger partial charge >= 0.3 is 0 Å². The van der Waals surface area contributed by atoms with Gasteiger partial charge in [-0.15, -0.1) is 0 Å². The average Bonchev–Trinajstić information content (AvgIpc) is 3.28. The van der Waals surface area contributed by atoms with Crippen LogP contribution in [0.1, 0.15) is 84.9 Å². The molecule has 0 fully saturated rings. The second-order valence-corrected chi connectivity index (χ2v) is 7.32. The van der Waals surface area contributed by atoms with Gasteiger partial charge in [-0.25, -0.2) is 0 Å². The summed E-state index contributed by atoms with van der Waals surface area (Å²) in [5.74, 6) is 0.404. The van der Waals surface area contributed by atoms with Gasteiger partial charge in [-0.05, 0) is 39.5 Å². The first-order chi connectivity index (χ1) is 13.4. The van der Waals surface area contributed by atoms with Crippen molar-refractivity contribution in [1.82, 2.24) is 9.80 Å². The van der Waals surface area contributed by atoms with Gasteiger partial charge < -0.3 is 9.80 Å². The van der Waals surface area contributed by atoms with E-state index in [-0.39, 0.29) is 29.5 Å². The van der Waals surface area contributed by atoms with Gasteiger partial charge in [0, 0.05) is 41.2 Å². The van der Waals surface area contributed by atoms with Crippen LogP contribution < -0.4 is 0 Å². The summed E-state index contributed by atoms with van der Waals surface area (Å²) < 4.78 is 0. The molecule has 0 bridgehead atoms. The number of nitrogens with zero attached hydrogens (tertiary/aromatic N) is 2. The Balaban J connectivity index is -0.000000191. The Labute approximate surface area is 189 Å². The molecule has 0 N–H and O–H groups in total. The van der Waals surface area contributed by atoms with E-state index in [1.165, 1.54) is 22.3 Å². The topological polar surface area (TPSA) is 40.6 Å². The Morgan fingerprint density at radius 3 is 1.30 bits per heavy atom. The number of carbonyl (C=O) groups excluding carboxylic acids is 2. The highest BCUT2D eigenvalue weighted by molar-refractivity contribution is 5.99. The van der Waals surface area contributed by atoms with Gasteiger partial charge in [-0.3, -0.25) is 9.59 Å². The number of hydrogen-bond donors (Lipinski definition) is 0. The highest BCUT2D eigenvalue weighted by atomic mass is 16.2. The summed E-state index contributed by atoms with van der Waals surface area (Å²) in [6.07, 6.45) is 8.24. The summed E-state index contributed by atoms with van der Waals surface area (Å²) in [6.45, 7) is 14.0. The quantitative estimate of drug-likeness (QED) is 0.428. The molecule has 30 heavy (non-hydrogen) atoms. The first-order valence-corrected chi connectivity index (χ1v) is 10.7. The Kier molecular flexibility index (Phi) is 14.0. The van der Waals surface area contributed by atoms with Crippen molar-refractivity contribution >= 4 is 11.8 Å². The molecule has 4 heteroatoms. The summed E-state index contributed by atoms with van der Waals surface area (Å²) in [5, 5.41) is 0. The highest BCUT2D eigenvalue weighted by Gasteiger charge is 2.27. The molecule has 4 nitrogen and oxygen atoms in total. The maximum Gasteiger partial charge on any atom is 0.253 e. The van der Waals surface area contributed by atoms with Crippen LogP contribution in [0.4, 0.5) is 0 Å². The third-order valence-electron chi connectivity index (χ3n) is 5.18. The summed E-state index contributed by atoms with van der Waals surface area (Å²) in [4.78, 5) is 26.8. The van der Waals surface area contributed by atoms with Crippen LogP contribution in [-0.2, 0) is 9.59 Å². The molecule has 0 saturated carbocycles. The molecule has 2 aliphatic carbocycles. The lowest BCUT2D eigenvalue weighted by molar-refractivity contribution is -0.126. The average molecular weight is 425 g/mol. The molecule has 0 aromatic heterocycles. The second kappa shape index (κ2) is 14.0. The van der Waals surface area contributed by atoms with Gasteiger partial charge in [0.2, 0.25) is 0 Å². The van der Waals surface area contributed by atoms with Crippen molar-refractivity contribution in [2.45, 2.75) is 82.1 Å². The van der Waals surface area contributed by atoms with Crippen molar-refractivity contribution in [3.63, 3.8) is 0 Å². The van der Waals surface area contributed by atoms with E-state index in [9.17, 15) is 9.59 Å². The van der Waals surface area contributed by atoms with E-state index in [0.29, 0.717) is 0 Å². The molecule has 0 saturated heterocycles. The third kappa shape index (κ3) is 7.00. The van der Waals surface area contributed by atoms with Gasteiger partial charge in [0.05, 0.1) is 0 Å². The number of rotatable bonds is 0. The number of carbonyl (C=O) groups is 2. The standard InChI is InChI=1S/2C10H13NO.2C2H6.2CH4.2H2/c2*1-7-5-8-3-4-11(2)10(12)9(8)6-7;2*1-2;;;;/h2*6H,3-5H2,1-2H3;2*1-2H3;2*1H4;2*1H/i;;;;;;2*1+1. The zero-order valence-corrected chi connectivity index (χ0v) is 19.1. The Morgan fingerprint density at radius 2 is 1.00 bits per heavy atom. The molecular weight excluding hydrogens is 372 g/mol. The lowest BCUT2D eigenvalue weighted by atomic mass is 10.0. The van der Waals surface area contributed by atoms with Crippen LogP contribution in [-0.4, -0.2) is 48.8 Å². The van der Waals surface area contributed by atoms with E-state index in [2.05, 4.69) is 13.8 Å². The van der Waals surface area contributed by atoms with Gasteiger partial charge in [-0.2, -0.15) is 0 Å². The SMILES string of the molecule is C.C.CC.CC.CC1=CC2=C(CCN(C)C2=O)C1.CC1=CC2=C(CCN(C)C2=O)C1.[2HH].[2HH]. The van der Waals surface area contributed by atoms with Crippen molar-refractivity contribution in [3.05, 3.63) is 45.6 Å². The predicted octanol–water partition coefficient (Wildman–Crippen LogP) is 6.81. The number of hydrogen-bond acceptors (Lipinski definition) is 2. The molecule has 2 amide bonds. The maximum atomic E-state index is 11.6. The van der Waals surface area contributed by atoms with Crippen molar-refractivity contribution < 1.29 is 12.4 Å². The lowest BCUT2D eigenvalue weighted by Gasteiger charge is -2.23. The predicted molar refractivity (Wildman–Crippen MR) is 136 cm³/mol. The van der Waals surface area contributed by atoms with Crippen molar-refractivity contribution in [1.29, 1.82) is 0 Å². The number of amides is 2. The van der Waals surface area contributed by atoms with Crippen LogP contribution in [0.5, 0.6) is 0 Å². The Hall–Kier alpha value is -2.10. The molecule has 2 heterocycles. The molecule has 0 unspecified atom stereocenters. The van der Waals surface area contributed by atoms with E-state index in [1.807, 2.05) is 53.9 Å². The molecular formula is C26H50N2O2. The summed E-state index contributed by atoms with van der Waals surface area (Å²) in [5.41, 5.74) is 7.25. The van der Waals surface area contributed by atoms with Gasteiger partial charge in [0.15, 0.2) is 0 Å². The van der Waals surface area contributed by atoms with Crippen LogP contribution in [0.25, 0.3) is 0 Å². The van der Waals surface area contributed by atoms with E-state index in [0.717, 1.165) is 49.9 Å². The summed E-state index contributed by atoms with van der Waals surface area (Å²) >= 11 is 0. The molecule has 4 rings (SSSR count). The van der Waals surface area contributed by atoms with Crippen molar-refractivity contribution in [2.24, 2.45) is 0 Å².